The van der Waals surface area contributed by atoms with Gasteiger partial charge < -0.3 is 114 Å². The fraction of sp³-hybridized carbons (Fsp3) is 0.465. The summed E-state index contributed by atoms with van der Waals surface area (Å²) >= 11 is 0. The van der Waals surface area contributed by atoms with E-state index >= 15 is 0 Å². The van der Waals surface area contributed by atoms with E-state index in [1.807, 2.05) is 0 Å². The van der Waals surface area contributed by atoms with E-state index in [0.29, 0.717) is 5.56 Å². The molecule has 67 heavy (non-hydrogen) atoms. The standard InChI is InChI=1S/C43H50O24/c1-58-24-7-16(8-25(59-2)31(24)49)3-6-30(48)60-13-27-34(52)37(55)41(65-27)61-14-28-32(50)35(53)38(56)42(66-28)62-15-29-33(51)36(54)39(57)43(67-29)64-26-12-19-21(46)10-18(44)11-23(19)63-40(26)17-4-5-20(45)22(47)9-17/h3-12,27-29,32-47,49-57H,13-15H2,1-2H3. The largest absolute Gasteiger partial charge is 0.508 e. The number of carbonyl (C=O) groups is 1. The second kappa shape index (κ2) is 20.7. The van der Waals surface area contributed by atoms with Crippen molar-refractivity contribution in [2.45, 2.75) is 92.1 Å². The molecule has 0 amide bonds. The maximum atomic E-state index is 12.5. The number of fused-ring (bicyclic) bond motifs is 1. The first-order chi connectivity index (χ1) is 31.9. The highest BCUT2D eigenvalue weighted by Crippen LogP contribution is 2.46. The lowest BCUT2D eigenvalue weighted by atomic mass is 9.98. The van der Waals surface area contributed by atoms with E-state index in [-0.39, 0.29) is 45.6 Å². The molecule has 0 aliphatic carbocycles. The first-order valence-electron chi connectivity index (χ1n) is 20.5. The number of phenolic OH excluding ortho intramolecular Hbond substituents is 5. The van der Waals surface area contributed by atoms with Gasteiger partial charge in [0.2, 0.25) is 12.0 Å². The van der Waals surface area contributed by atoms with Crippen LogP contribution in [0.4, 0.5) is 0 Å². The van der Waals surface area contributed by atoms with Gasteiger partial charge in [-0.05, 0) is 42.0 Å². The summed E-state index contributed by atoms with van der Waals surface area (Å²) in [5.41, 5.74) is 0.606. The van der Waals surface area contributed by atoms with E-state index < -0.39 is 135 Å². The molecule has 15 unspecified atom stereocenters. The molecule has 4 heterocycles. The summed E-state index contributed by atoms with van der Waals surface area (Å²) in [6.07, 6.45) is -21.8. The van der Waals surface area contributed by atoms with E-state index in [0.717, 1.165) is 24.3 Å². The fourth-order valence-electron chi connectivity index (χ4n) is 7.51. The maximum absolute atomic E-state index is 12.5. The van der Waals surface area contributed by atoms with E-state index in [9.17, 15) is 71.2 Å². The highest BCUT2D eigenvalue weighted by Gasteiger charge is 2.50. The van der Waals surface area contributed by atoms with Crippen LogP contribution in [0.15, 0.2) is 54.3 Å². The third kappa shape index (κ3) is 10.6. The average Bonchev–Trinajstić information content (AvgIpc) is 3.58. The van der Waals surface area contributed by atoms with Crippen molar-refractivity contribution in [2.24, 2.45) is 0 Å². The van der Waals surface area contributed by atoms with Crippen molar-refractivity contribution in [1.29, 1.82) is 0 Å². The first kappa shape index (κ1) is 49.2. The molecular formula is C43H50O24. The molecule has 3 aromatic carbocycles. The molecule has 3 saturated heterocycles. The van der Waals surface area contributed by atoms with Gasteiger partial charge in [0.25, 0.3) is 0 Å². The molecule has 0 radical (unpaired) electrons. The monoisotopic (exact) mass is 950 g/mol. The Balaban J connectivity index is 0.956. The third-order valence-electron chi connectivity index (χ3n) is 11.3. The minimum atomic E-state index is -1.95. The van der Waals surface area contributed by atoms with Crippen molar-refractivity contribution < 1.29 is 119 Å². The Morgan fingerprint density at radius 2 is 1.15 bits per heavy atom. The summed E-state index contributed by atoms with van der Waals surface area (Å²) in [6, 6.07) is 8.73. The van der Waals surface area contributed by atoms with Crippen LogP contribution in [0, 0.1) is 0 Å². The summed E-state index contributed by atoms with van der Waals surface area (Å²) in [5, 5.41) is 137. The summed E-state index contributed by atoms with van der Waals surface area (Å²) in [5.74, 6) is -2.94. The molecule has 4 aliphatic heterocycles. The molecule has 3 aromatic rings. The molecule has 3 fully saturated rings. The molecule has 13 N–H and O–H groups in total. The number of methoxy groups -OCH3 is 2. The number of hydrogen-bond donors (Lipinski definition) is 13. The Bertz CT molecular complexity index is 2260. The van der Waals surface area contributed by atoms with Gasteiger partial charge in [0.05, 0.1) is 33.0 Å². The SMILES string of the molecule is COc1cc(C=CC(=O)OCC2OC(OCC3OC(OCC4OC(OC5=Cc6c(O)cc(O)cc6OC5c5ccc(O)c(O)c5)C(O)C(O)C4O)C(O)C(O)C3O)C(O)C2O)cc(OC)c1O. The zero-order valence-electron chi connectivity index (χ0n) is 35.4. The molecule has 7 rings (SSSR count). The number of aliphatic hydroxyl groups is 8. The molecule has 366 valence electrons. The van der Waals surface area contributed by atoms with Crippen LogP contribution in [0.1, 0.15) is 22.8 Å². The predicted molar refractivity (Wildman–Crippen MR) is 219 cm³/mol. The van der Waals surface area contributed by atoms with Crippen LogP contribution in [0.2, 0.25) is 0 Å². The summed E-state index contributed by atoms with van der Waals surface area (Å²) in [4.78, 5) is 12.5. The molecule has 15 atom stereocenters. The zero-order valence-corrected chi connectivity index (χ0v) is 35.4. The van der Waals surface area contributed by atoms with Gasteiger partial charge in [0.15, 0.2) is 41.7 Å². The van der Waals surface area contributed by atoms with Crippen LogP contribution in [0.5, 0.6) is 46.0 Å². The van der Waals surface area contributed by atoms with Crippen molar-refractivity contribution in [3.8, 4) is 46.0 Å². The highest BCUT2D eigenvalue weighted by molar-refractivity contribution is 5.87. The summed E-state index contributed by atoms with van der Waals surface area (Å²) < 4.78 is 55.5. The number of rotatable bonds is 15. The Kier molecular flexibility index (Phi) is 15.2. The number of carbonyl (C=O) groups excluding carboxylic acids is 1. The van der Waals surface area contributed by atoms with Gasteiger partial charge in [-0.2, -0.15) is 0 Å². The first-order valence-corrected chi connectivity index (χ1v) is 20.5. The van der Waals surface area contributed by atoms with Gasteiger partial charge in [0.1, 0.15) is 96.8 Å². The molecule has 4 aliphatic rings. The number of phenols is 5. The van der Waals surface area contributed by atoms with E-state index in [2.05, 4.69) is 0 Å². The van der Waals surface area contributed by atoms with Crippen molar-refractivity contribution in [2.75, 3.05) is 34.0 Å². The number of ether oxygens (including phenoxy) is 10. The normalized spacial score (nSPS) is 32.8. The second-order valence-corrected chi connectivity index (χ2v) is 15.7. The lowest BCUT2D eigenvalue weighted by Crippen LogP contribution is -2.62. The van der Waals surface area contributed by atoms with Crippen molar-refractivity contribution >= 4 is 18.1 Å². The van der Waals surface area contributed by atoms with Crippen LogP contribution in [-0.4, -0.2) is 192 Å². The van der Waals surface area contributed by atoms with Crippen molar-refractivity contribution in [1.82, 2.24) is 0 Å². The van der Waals surface area contributed by atoms with Gasteiger partial charge in [-0.1, -0.05) is 6.07 Å². The van der Waals surface area contributed by atoms with Crippen LogP contribution in [0.25, 0.3) is 12.2 Å². The zero-order chi connectivity index (χ0) is 48.4. The van der Waals surface area contributed by atoms with Crippen LogP contribution < -0.4 is 14.2 Å². The molecule has 0 bridgehead atoms. The fourth-order valence-corrected chi connectivity index (χ4v) is 7.51. The van der Waals surface area contributed by atoms with Gasteiger partial charge >= 0.3 is 5.97 Å². The second-order valence-electron chi connectivity index (χ2n) is 15.7. The van der Waals surface area contributed by atoms with Gasteiger partial charge in [0, 0.05) is 23.8 Å². The summed E-state index contributed by atoms with van der Waals surface area (Å²) in [6.45, 7) is -1.91. The van der Waals surface area contributed by atoms with Crippen molar-refractivity contribution in [3.05, 3.63) is 71.0 Å². The Labute approximate surface area is 379 Å². The Hall–Kier alpha value is -5.71. The topological polar surface area (TPSA) is 372 Å². The lowest BCUT2D eigenvalue weighted by molar-refractivity contribution is -0.332. The molecule has 0 aromatic heterocycles. The predicted octanol–water partition coefficient (Wildman–Crippen LogP) is -1.93. The maximum Gasteiger partial charge on any atom is 0.330 e. The average molecular weight is 951 g/mol. The minimum Gasteiger partial charge on any atom is -0.508 e. The van der Waals surface area contributed by atoms with Gasteiger partial charge in [-0.15, -0.1) is 0 Å². The number of aromatic hydroxyl groups is 5. The third-order valence-corrected chi connectivity index (χ3v) is 11.3. The smallest absolute Gasteiger partial charge is 0.330 e. The number of aliphatic hydroxyl groups excluding tert-OH is 8. The van der Waals surface area contributed by atoms with E-state index in [1.165, 1.54) is 50.6 Å². The van der Waals surface area contributed by atoms with E-state index in [4.69, 9.17) is 47.4 Å². The van der Waals surface area contributed by atoms with Crippen LogP contribution >= 0.6 is 0 Å². The molecule has 0 saturated carbocycles. The molecule has 24 heteroatoms. The highest BCUT2D eigenvalue weighted by atomic mass is 16.8. The minimum absolute atomic E-state index is 0.0206. The van der Waals surface area contributed by atoms with Crippen LogP contribution in [-0.2, 0) is 38.0 Å². The lowest BCUT2D eigenvalue weighted by Gasteiger charge is -2.43. The quantitative estimate of drug-likeness (QED) is 0.0448. The molecule has 24 nitrogen and oxygen atoms in total. The van der Waals surface area contributed by atoms with Gasteiger partial charge in [-0.25, -0.2) is 4.79 Å². The Morgan fingerprint density at radius 1 is 0.612 bits per heavy atom. The molecule has 0 spiro atoms. The van der Waals surface area contributed by atoms with Crippen LogP contribution in [0.3, 0.4) is 0 Å². The van der Waals surface area contributed by atoms with Crippen molar-refractivity contribution in [3.63, 3.8) is 0 Å². The number of benzene rings is 3. The van der Waals surface area contributed by atoms with E-state index in [1.54, 1.807) is 0 Å². The number of hydrogen-bond acceptors (Lipinski definition) is 24. The summed E-state index contributed by atoms with van der Waals surface area (Å²) in [7, 11) is 2.66. The van der Waals surface area contributed by atoms with Gasteiger partial charge in [-0.3, -0.25) is 0 Å². The Morgan fingerprint density at radius 3 is 1.73 bits per heavy atom. The molecular weight excluding hydrogens is 900 g/mol. The number of esters is 1.